The van der Waals surface area contributed by atoms with Crippen LogP contribution in [-0.2, 0) is 17.7 Å². The zero-order valence-electron chi connectivity index (χ0n) is 9.98. The lowest BCUT2D eigenvalue weighted by Crippen LogP contribution is -2.22. The summed E-state index contributed by atoms with van der Waals surface area (Å²) in [5.41, 5.74) is 1.44. The van der Waals surface area contributed by atoms with Gasteiger partial charge in [0.1, 0.15) is 5.82 Å². The molecule has 1 aromatic rings. The minimum atomic E-state index is 0.635. The number of fused-ring (bicyclic) bond motifs is 1. The molecule has 1 atom stereocenters. The summed E-state index contributed by atoms with van der Waals surface area (Å²) in [5, 5.41) is 0. The van der Waals surface area contributed by atoms with Gasteiger partial charge in [-0.1, -0.05) is 6.92 Å². The molecular weight excluding hydrogens is 200 g/mol. The van der Waals surface area contributed by atoms with Crippen molar-refractivity contribution in [2.24, 2.45) is 5.92 Å². The first kappa shape index (κ1) is 10.3. The molecular formula is C13H20N2O. The van der Waals surface area contributed by atoms with Crippen molar-refractivity contribution < 1.29 is 4.74 Å². The number of nitrogens with zero attached hydrogens (tertiary/aromatic N) is 2. The van der Waals surface area contributed by atoms with E-state index in [9.17, 15) is 0 Å². The molecule has 0 saturated carbocycles. The van der Waals surface area contributed by atoms with Crippen molar-refractivity contribution in [2.45, 2.75) is 45.1 Å². The van der Waals surface area contributed by atoms with Crippen molar-refractivity contribution in [3.05, 3.63) is 17.7 Å². The van der Waals surface area contributed by atoms with Crippen LogP contribution in [-0.4, -0.2) is 22.8 Å². The standard InChI is InChI=1S/C13H20N2O/c1-10-2-5-15-12(8-10)9-14-13(15)11-3-6-16-7-4-11/h9-11H,2-8H2,1H3. The van der Waals surface area contributed by atoms with E-state index in [1.807, 2.05) is 0 Å². The van der Waals surface area contributed by atoms with Gasteiger partial charge in [0, 0.05) is 37.6 Å². The molecule has 3 heterocycles. The zero-order valence-corrected chi connectivity index (χ0v) is 9.98. The van der Waals surface area contributed by atoms with E-state index in [0.717, 1.165) is 32.0 Å². The Morgan fingerprint density at radius 2 is 2.12 bits per heavy atom. The first-order chi connectivity index (χ1) is 7.84. The lowest BCUT2D eigenvalue weighted by molar-refractivity contribution is 0.0825. The Hall–Kier alpha value is -0.830. The maximum Gasteiger partial charge on any atom is 0.112 e. The fourth-order valence-corrected chi connectivity index (χ4v) is 2.94. The van der Waals surface area contributed by atoms with E-state index in [2.05, 4.69) is 22.7 Å². The van der Waals surface area contributed by atoms with Crippen LogP contribution in [0.5, 0.6) is 0 Å². The third-order valence-electron chi connectivity index (χ3n) is 3.96. The smallest absolute Gasteiger partial charge is 0.112 e. The first-order valence-corrected chi connectivity index (χ1v) is 6.46. The molecule has 0 amide bonds. The van der Waals surface area contributed by atoms with Gasteiger partial charge < -0.3 is 9.30 Å². The molecule has 3 heteroatoms. The van der Waals surface area contributed by atoms with Crippen LogP contribution < -0.4 is 0 Å². The fraction of sp³-hybridized carbons (Fsp3) is 0.769. The number of hydrogen-bond acceptors (Lipinski definition) is 2. The Labute approximate surface area is 96.8 Å². The minimum absolute atomic E-state index is 0.635. The third-order valence-corrected chi connectivity index (χ3v) is 3.96. The Morgan fingerprint density at radius 1 is 1.31 bits per heavy atom. The maximum absolute atomic E-state index is 5.42. The van der Waals surface area contributed by atoms with Crippen LogP contribution in [0, 0.1) is 5.92 Å². The largest absolute Gasteiger partial charge is 0.381 e. The predicted octanol–water partition coefficient (Wildman–Crippen LogP) is 2.36. The Balaban J connectivity index is 1.85. The topological polar surface area (TPSA) is 27.1 Å². The van der Waals surface area contributed by atoms with Gasteiger partial charge in [0.2, 0.25) is 0 Å². The molecule has 3 rings (SSSR count). The van der Waals surface area contributed by atoms with Gasteiger partial charge in [-0.2, -0.15) is 0 Å². The van der Waals surface area contributed by atoms with Gasteiger partial charge in [-0.05, 0) is 31.6 Å². The molecule has 2 aliphatic heterocycles. The van der Waals surface area contributed by atoms with Crippen molar-refractivity contribution in [2.75, 3.05) is 13.2 Å². The molecule has 1 saturated heterocycles. The summed E-state index contributed by atoms with van der Waals surface area (Å²) in [4.78, 5) is 4.66. The van der Waals surface area contributed by atoms with Gasteiger partial charge >= 0.3 is 0 Å². The van der Waals surface area contributed by atoms with Gasteiger partial charge in [-0.3, -0.25) is 0 Å². The number of rotatable bonds is 1. The second-order valence-electron chi connectivity index (χ2n) is 5.24. The highest BCUT2D eigenvalue weighted by atomic mass is 16.5. The van der Waals surface area contributed by atoms with Gasteiger partial charge in [0.25, 0.3) is 0 Å². The zero-order chi connectivity index (χ0) is 11.0. The highest BCUT2D eigenvalue weighted by Gasteiger charge is 2.24. The molecule has 1 aromatic heterocycles. The minimum Gasteiger partial charge on any atom is -0.381 e. The monoisotopic (exact) mass is 220 g/mol. The van der Waals surface area contributed by atoms with E-state index in [0.29, 0.717) is 5.92 Å². The van der Waals surface area contributed by atoms with Crippen molar-refractivity contribution >= 4 is 0 Å². The van der Waals surface area contributed by atoms with Gasteiger partial charge in [0.15, 0.2) is 0 Å². The SMILES string of the molecule is CC1CCn2c(cnc2C2CCOCC2)C1. The fourth-order valence-electron chi connectivity index (χ4n) is 2.94. The highest BCUT2D eigenvalue weighted by Crippen LogP contribution is 2.30. The molecule has 0 bridgehead atoms. The normalized spacial score (nSPS) is 26.7. The van der Waals surface area contributed by atoms with Gasteiger partial charge in [0.05, 0.1) is 0 Å². The van der Waals surface area contributed by atoms with E-state index in [4.69, 9.17) is 4.74 Å². The summed E-state index contributed by atoms with van der Waals surface area (Å²) in [6, 6.07) is 0. The first-order valence-electron chi connectivity index (χ1n) is 6.46. The van der Waals surface area contributed by atoms with Crippen LogP contribution in [0.25, 0.3) is 0 Å². The van der Waals surface area contributed by atoms with Crippen molar-refractivity contribution in [1.82, 2.24) is 9.55 Å². The van der Waals surface area contributed by atoms with Crippen molar-refractivity contribution in [3.63, 3.8) is 0 Å². The molecule has 0 aromatic carbocycles. The Kier molecular flexibility index (Phi) is 2.72. The maximum atomic E-state index is 5.42. The molecule has 88 valence electrons. The second-order valence-corrected chi connectivity index (χ2v) is 5.24. The summed E-state index contributed by atoms with van der Waals surface area (Å²) >= 11 is 0. The molecule has 0 N–H and O–H groups in total. The van der Waals surface area contributed by atoms with E-state index in [-0.39, 0.29) is 0 Å². The number of hydrogen-bond donors (Lipinski definition) is 0. The molecule has 3 nitrogen and oxygen atoms in total. The molecule has 0 radical (unpaired) electrons. The predicted molar refractivity (Wildman–Crippen MR) is 62.5 cm³/mol. The van der Waals surface area contributed by atoms with Crippen LogP contribution in [0.3, 0.4) is 0 Å². The quantitative estimate of drug-likeness (QED) is 0.726. The lowest BCUT2D eigenvalue weighted by atomic mass is 9.96. The summed E-state index contributed by atoms with van der Waals surface area (Å²) in [5.74, 6) is 2.79. The van der Waals surface area contributed by atoms with Crippen LogP contribution in [0.4, 0.5) is 0 Å². The number of ether oxygens (including phenoxy) is 1. The van der Waals surface area contributed by atoms with E-state index in [1.165, 1.54) is 30.9 Å². The average Bonchev–Trinajstić information content (AvgIpc) is 2.73. The van der Waals surface area contributed by atoms with Crippen LogP contribution in [0.15, 0.2) is 6.20 Å². The van der Waals surface area contributed by atoms with Crippen LogP contribution in [0.1, 0.15) is 43.6 Å². The lowest BCUT2D eigenvalue weighted by Gasteiger charge is -2.26. The van der Waals surface area contributed by atoms with Crippen molar-refractivity contribution in [3.8, 4) is 0 Å². The molecule has 16 heavy (non-hydrogen) atoms. The molecule has 1 fully saturated rings. The summed E-state index contributed by atoms with van der Waals surface area (Å²) in [6.45, 7) is 5.32. The average molecular weight is 220 g/mol. The van der Waals surface area contributed by atoms with E-state index in [1.54, 1.807) is 0 Å². The molecule has 2 aliphatic rings. The Bertz CT molecular complexity index is 366. The highest BCUT2D eigenvalue weighted by molar-refractivity contribution is 5.12. The number of aromatic nitrogens is 2. The molecule has 1 unspecified atom stereocenters. The van der Waals surface area contributed by atoms with Crippen LogP contribution >= 0.6 is 0 Å². The summed E-state index contributed by atoms with van der Waals surface area (Å²) < 4.78 is 7.89. The van der Waals surface area contributed by atoms with E-state index >= 15 is 0 Å². The molecule has 0 spiro atoms. The third kappa shape index (κ3) is 1.77. The van der Waals surface area contributed by atoms with Crippen LogP contribution in [0.2, 0.25) is 0 Å². The second kappa shape index (κ2) is 4.21. The molecule has 0 aliphatic carbocycles. The summed E-state index contributed by atoms with van der Waals surface area (Å²) in [6.07, 6.45) is 6.90. The van der Waals surface area contributed by atoms with Gasteiger partial charge in [-0.15, -0.1) is 0 Å². The van der Waals surface area contributed by atoms with Gasteiger partial charge in [-0.25, -0.2) is 4.98 Å². The number of imidazole rings is 1. The van der Waals surface area contributed by atoms with E-state index < -0.39 is 0 Å². The summed E-state index contributed by atoms with van der Waals surface area (Å²) in [7, 11) is 0. The Morgan fingerprint density at radius 3 is 2.94 bits per heavy atom. The van der Waals surface area contributed by atoms with Crippen molar-refractivity contribution in [1.29, 1.82) is 0 Å².